The van der Waals surface area contributed by atoms with Crippen LogP contribution >= 0.6 is 23.2 Å². The van der Waals surface area contributed by atoms with Gasteiger partial charge in [-0.25, -0.2) is 0 Å². The van der Waals surface area contributed by atoms with Crippen molar-refractivity contribution in [1.29, 1.82) is 0 Å². The van der Waals surface area contributed by atoms with Gasteiger partial charge in [0.2, 0.25) is 0 Å². The number of ether oxygens (including phenoxy) is 1. The molecule has 0 radical (unpaired) electrons. The summed E-state index contributed by atoms with van der Waals surface area (Å²) in [6.07, 6.45) is 3.48. The van der Waals surface area contributed by atoms with Crippen molar-refractivity contribution in [2.45, 2.75) is 26.4 Å². The minimum atomic E-state index is 0.426. The molecule has 1 aromatic carbocycles. The summed E-state index contributed by atoms with van der Waals surface area (Å²) in [6.45, 7) is 4.95. The Morgan fingerprint density at radius 2 is 1.90 bits per heavy atom. The summed E-state index contributed by atoms with van der Waals surface area (Å²) in [7, 11) is 0. The summed E-state index contributed by atoms with van der Waals surface area (Å²) in [5.41, 5.74) is 1.07. The van der Waals surface area contributed by atoms with E-state index in [1.54, 1.807) is 24.4 Å². The Hall–Kier alpha value is -1.29. The Morgan fingerprint density at radius 1 is 1.10 bits per heavy atom. The van der Waals surface area contributed by atoms with Gasteiger partial charge in [0.25, 0.3) is 0 Å². The van der Waals surface area contributed by atoms with E-state index in [0.29, 0.717) is 27.6 Å². The third-order valence-corrected chi connectivity index (χ3v) is 3.35. The van der Waals surface area contributed by atoms with Crippen molar-refractivity contribution in [3.05, 3.63) is 52.3 Å². The number of benzene rings is 1. The van der Waals surface area contributed by atoms with Gasteiger partial charge in [-0.05, 0) is 23.8 Å². The maximum atomic E-state index is 5.96. The monoisotopic (exact) mass is 310 g/mol. The van der Waals surface area contributed by atoms with Gasteiger partial charge in [0, 0.05) is 24.8 Å². The van der Waals surface area contributed by atoms with Crippen LogP contribution < -0.4 is 10.1 Å². The van der Waals surface area contributed by atoms with E-state index in [1.165, 1.54) is 0 Å². The molecule has 0 amide bonds. The lowest BCUT2D eigenvalue weighted by molar-refractivity contribution is 0.478. The molecule has 1 heterocycles. The van der Waals surface area contributed by atoms with Gasteiger partial charge < -0.3 is 10.1 Å². The van der Waals surface area contributed by atoms with Crippen molar-refractivity contribution in [2.24, 2.45) is 0 Å². The molecule has 0 aliphatic rings. The van der Waals surface area contributed by atoms with Crippen molar-refractivity contribution in [1.82, 2.24) is 10.3 Å². The van der Waals surface area contributed by atoms with Crippen molar-refractivity contribution in [2.75, 3.05) is 0 Å². The summed E-state index contributed by atoms with van der Waals surface area (Å²) < 4.78 is 5.73. The number of pyridine rings is 1. The number of halogens is 2. The van der Waals surface area contributed by atoms with Crippen LogP contribution in [0.3, 0.4) is 0 Å². The highest BCUT2D eigenvalue weighted by molar-refractivity contribution is 6.42. The van der Waals surface area contributed by atoms with Gasteiger partial charge in [-0.2, -0.15) is 0 Å². The number of hydrogen-bond donors (Lipinski definition) is 1. The van der Waals surface area contributed by atoms with Gasteiger partial charge in [-0.1, -0.05) is 37.0 Å². The van der Waals surface area contributed by atoms with E-state index in [-0.39, 0.29) is 0 Å². The third-order valence-electron chi connectivity index (χ3n) is 2.61. The van der Waals surface area contributed by atoms with Crippen LogP contribution in [-0.2, 0) is 6.54 Å². The van der Waals surface area contributed by atoms with E-state index in [2.05, 4.69) is 24.1 Å². The first-order valence-electron chi connectivity index (χ1n) is 6.35. The first-order chi connectivity index (χ1) is 9.54. The molecule has 0 spiro atoms. The second-order valence-corrected chi connectivity index (χ2v) is 5.56. The van der Waals surface area contributed by atoms with Gasteiger partial charge >= 0.3 is 0 Å². The number of nitrogens with one attached hydrogen (secondary N) is 1. The SMILES string of the molecule is CC(C)NCc1cncc(Oc2ccc(Cl)c(Cl)c2)c1. The maximum absolute atomic E-state index is 5.96. The largest absolute Gasteiger partial charge is 0.456 e. The van der Waals surface area contributed by atoms with E-state index >= 15 is 0 Å². The Bertz CT molecular complexity index is 588. The maximum Gasteiger partial charge on any atom is 0.146 e. The molecule has 5 heteroatoms. The van der Waals surface area contributed by atoms with Crippen LogP contribution in [0.5, 0.6) is 11.5 Å². The van der Waals surface area contributed by atoms with Gasteiger partial charge in [-0.15, -0.1) is 0 Å². The molecular formula is C15H16Cl2N2O. The molecule has 20 heavy (non-hydrogen) atoms. The summed E-state index contributed by atoms with van der Waals surface area (Å²) in [4.78, 5) is 4.17. The zero-order valence-electron chi connectivity index (χ0n) is 11.4. The Labute approximate surface area is 128 Å². The highest BCUT2D eigenvalue weighted by Gasteiger charge is 2.04. The van der Waals surface area contributed by atoms with Crippen molar-refractivity contribution in [3.63, 3.8) is 0 Å². The number of aromatic nitrogens is 1. The molecule has 0 fully saturated rings. The molecular weight excluding hydrogens is 295 g/mol. The van der Waals surface area contributed by atoms with Crippen molar-refractivity contribution >= 4 is 23.2 Å². The number of rotatable bonds is 5. The summed E-state index contributed by atoms with van der Waals surface area (Å²) in [5.74, 6) is 1.31. The fourth-order valence-corrected chi connectivity index (χ4v) is 1.90. The minimum absolute atomic E-state index is 0.426. The number of hydrogen-bond acceptors (Lipinski definition) is 3. The predicted molar refractivity (Wildman–Crippen MR) is 82.7 cm³/mol. The summed E-state index contributed by atoms with van der Waals surface area (Å²) in [6, 6.07) is 7.53. The Kier molecular flexibility index (Phi) is 5.24. The van der Waals surface area contributed by atoms with Crippen LogP contribution in [0.1, 0.15) is 19.4 Å². The Morgan fingerprint density at radius 3 is 2.60 bits per heavy atom. The fourth-order valence-electron chi connectivity index (χ4n) is 1.61. The quantitative estimate of drug-likeness (QED) is 0.870. The molecule has 0 unspecified atom stereocenters. The lowest BCUT2D eigenvalue weighted by atomic mass is 10.2. The van der Waals surface area contributed by atoms with Crippen molar-refractivity contribution < 1.29 is 4.74 Å². The van der Waals surface area contributed by atoms with Crippen LogP contribution in [0.15, 0.2) is 36.7 Å². The van der Waals surface area contributed by atoms with Crippen LogP contribution in [-0.4, -0.2) is 11.0 Å². The summed E-state index contributed by atoms with van der Waals surface area (Å²) >= 11 is 11.8. The predicted octanol–water partition coefficient (Wildman–Crippen LogP) is 4.68. The standard InChI is InChI=1S/C15H16Cl2N2O/c1-10(2)19-8-11-5-13(9-18-7-11)20-12-3-4-14(16)15(17)6-12/h3-7,9-10,19H,8H2,1-2H3. The molecule has 0 saturated heterocycles. The van der Waals surface area contributed by atoms with Crippen LogP contribution in [0.4, 0.5) is 0 Å². The highest BCUT2D eigenvalue weighted by atomic mass is 35.5. The van der Waals surface area contributed by atoms with Crippen molar-refractivity contribution in [3.8, 4) is 11.5 Å². The van der Waals surface area contributed by atoms with Crippen LogP contribution in [0, 0.1) is 0 Å². The highest BCUT2D eigenvalue weighted by Crippen LogP contribution is 2.29. The van der Waals surface area contributed by atoms with Gasteiger partial charge in [-0.3, -0.25) is 4.98 Å². The van der Waals surface area contributed by atoms with Gasteiger partial charge in [0.15, 0.2) is 0 Å². The van der Waals surface area contributed by atoms with Crippen LogP contribution in [0.2, 0.25) is 10.0 Å². The topological polar surface area (TPSA) is 34.2 Å². The van der Waals surface area contributed by atoms with Gasteiger partial charge in [0.05, 0.1) is 16.2 Å². The molecule has 3 nitrogen and oxygen atoms in total. The van der Waals surface area contributed by atoms with Crippen LogP contribution in [0.25, 0.3) is 0 Å². The zero-order chi connectivity index (χ0) is 14.5. The van der Waals surface area contributed by atoms with E-state index < -0.39 is 0 Å². The third kappa shape index (κ3) is 4.37. The molecule has 0 aliphatic heterocycles. The fraction of sp³-hybridized carbons (Fsp3) is 0.267. The van der Waals surface area contributed by atoms with E-state index in [9.17, 15) is 0 Å². The lowest BCUT2D eigenvalue weighted by Gasteiger charge is -2.10. The Balaban J connectivity index is 2.08. The molecule has 0 aliphatic carbocycles. The molecule has 2 rings (SSSR count). The van der Waals surface area contributed by atoms with Gasteiger partial charge in [0.1, 0.15) is 11.5 Å². The summed E-state index contributed by atoms with van der Waals surface area (Å²) in [5, 5.41) is 4.31. The molecule has 0 saturated carbocycles. The molecule has 1 N–H and O–H groups in total. The smallest absolute Gasteiger partial charge is 0.146 e. The average molecular weight is 311 g/mol. The molecule has 0 bridgehead atoms. The minimum Gasteiger partial charge on any atom is -0.456 e. The first-order valence-corrected chi connectivity index (χ1v) is 7.10. The zero-order valence-corrected chi connectivity index (χ0v) is 12.9. The number of nitrogens with zero attached hydrogens (tertiary/aromatic N) is 1. The molecule has 106 valence electrons. The normalized spacial score (nSPS) is 10.8. The van der Waals surface area contributed by atoms with E-state index in [0.717, 1.165) is 12.1 Å². The molecule has 0 atom stereocenters. The van der Waals surface area contributed by atoms with E-state index in [4.69, 9.17) is 27.9 Å². The lowest BCUT2D eigenvalue weighted by Crippen LogP contribution is -2.21. The molecule has 1 aromatic heterocycles. The van der Waals surface area contributed by atoms with E-state index in [1.807, 2.05) is 12.3 Å². The second-order valence-electron chi connectivity index (χ2n) is 4.74. The second kappa shape index (κ2) is 6.93. The first kappa shape index (κ1) is 15.1. The molecule has 2 aromatic rings. The average Bonchev–Trinajstić information content (AvgIpc) is 2.41.